The van der Waals surface area contributed by atoms with Crippen molar-refractivity contribution >= 4 is 0 Å². The van der Waals surface area contributed by atoms with E-state index in [1.54, 1.807) is 14.1 Å². The quantitative estimate of drug-likeness (QED) is 0.479. The van der Waals surface area contributed by atoms with Crippen LogP contribution in [0, 0.1) is 0 Å². The molecular formula is C18H32N2O6. The molecule has 0 spiro atoms. The van der Waals surface area contributed by atoms with E-state index in [2.05, 4.69) is 17.2 Å². The summed E-state index contributed by atoms with van der Waals surface area (Å²) in [6, 6.07) is -0.998. The molecule has 3 fully saturated rings. The fourth-order valence-corrected chi connectivity index (χ4v) is 4.27. The van der Waals surface area contributed by atoms with Gasteiger partial charge in [0.1, 0.15) is 18.3 Å². The molecule has 2 saturated heterocycles. The Morgan fingerprint density at radius 2 is 1.85 bits per heavy atom. The van der Waals surface area contributed by atoms with Crippen LogP contribution in [0.25, 0.3) is 0 Å². The summed E-state index contributed by atoms with van der Waals surface area (Å²) in [6.45, 7) is 8.58. The average Bonchev–Trinajstić information content (AvgIpc) is 2.60. The van der Waals surface area contributed by atoms with Crippen LogP contribution in [0.1, 0.15) is 26.7 Å². The third-order valence-corrected chi connectivity index (χ3v) is 5.59. The van der Waals surface area contributed by atoms with E-state index in [0.717, 1.165) is 12.0 Å². The Bertz CT molecular complexity index is 520. The van der Waals surface area contributed by atoms with Crippen LogP contribution in [0.3, 0.4) is 0 Å². The van der Waals surface area contributed by atoms with Gasteiger partial charge in [0.25, 0.3) is 0 Å². The molecule has 1 aliphatic carbocycles. The predicted octanol–water partition coefficient (Wildman–Crippen LogP) is -0.504. The van der Waals surface area contributed by atoms with Gasteiger partial charge >= 0.3 is 0 Å². The third kappa shape index (κ3) is 3.12. The van der Waals surface area contributed by atoms with Crippen molar-refractivity contribution in [1.29, 1.82) is 0 Å². The Balaban J connectivity index is 1.95. The van der Waals surface area contributed by atoms with Crippen LogP contribution in [0.5, 0.6) is 0 Å². The molecule has 0 aromatic heterocycles. The normalized spacial score (nSPS) is 48.8. The number of rotatable bonds is 5. The summed E-state index contributed by atoms with van der Waals surface area (Å²) in [5.41, 5.74) is 0.753. The van der Waals surface area contributed by atoms with Crippen molar-refractivity contribution in [3.63, 3.8) is 0 Å². The van der Waals surface area contributed by atoms with E-state index in [9.17, 15) is 10.2 Å². The number of nitrogens with one attached hydrogen (secondary N) is 2. The predicted molar refractivity (Wildman–Crippen MR) is 94.5 cm³/mol. The maximum atomic E-state index is 10.8. The number of fused-ring (bicyclic) bond motifs is 2. The van der Waals surface area contributed by atoms with Crippen LogP contribution in [-0.4, -0.2) is 85.6 Å². The zero-order chi connectivity index (χ0) is 19.1. The fraction of sp³-hybridized carbons (Fsp3) is 0.889. The van der Waals surface area contributed by atoms with Crippen LogP contribution in [0.15, 0.2) is 12.2 Å². The van der Waals surface area contributed by atoms with Gasteiger partial charge in [-0.25, -0.2) is 0 Å². The van der Waals surface area contributed by atoms with Gasteiger partial charge in [-0.3, -0.25) is 0 Å². The van der Waals surface area contributed by atoms with Crippen LogP contribution in [0.4, 0.5) is 0 Å². The van der Waals surface area contributed by atoms with Crippen LogP contribution >= 0.6 is 0 Å². The molecular weight excluding hydrogens is 340 g/mol. The SMILES string of the molecule is C=C1C[C@@H](C)OC2OC3C(OC12OCCC)C(NC)C(O)C(NC)[C@@H]3O. The fourth-order valence-electron chi connectivity index (χ4n) is 4.27. The molecule has 26 heavy (non-hydrogen) atoms. The Morgan fingerprint density at radius 1 is 1.15 bits per heavy atom. The molecule has 3 aliphatic rings. The third-order valence-electron chi connectivity index (χ3n) is 5.59. The second-order valence-electron chi connectivity index (χ2n) is 7.40. The van der Waals surface area contributed by atoms with Crippen molar-refractivity contribution in [2.45, 2.75) is 81.4 Å². The Labute approximate surface area is 154 Å². The lowest BCUT2D eigenvalue weighted by molar-refractivity contribution is -0.434. The molecule has 0 aromatic rings. The largest absolute Gasteiger partial charge is 0.390 e. The molecule has 0 radical (unpaired) electrons. The lowest BCUT2D eigenvalue weighted by atomic mass is 9.79. The van der Waals surface area contributed by atoms with Crippen molar-refractivity contribution in [2.24, 2.45) is 0 Å². The Kier molecular flexibility index (Phi) is 6.05. The topological polar surface area (TPSA) is 101 Å². The van der Waals surface area contributed by atoms with Gasteiger partial charge in [-0.2, -0.15) is 0 Å². The first kappa shape index (κ1) is 20.2. The highest BCUT2D eigenvalue weighted by atomic mass is 16.8. The zero-order valence-electron chi connectivity index (χ0n) is 16.0. The molecule has 2 aliphatic heterocycles. The lowest BCUT2D eigenvalue weighted by Crippen LogP contribution is -2.77. The number of ether oxygens (including phenoxy) is 4. The minimum absolute atomic E-state index is 0.0856. The van der Waals surface area contributed by atoms with Gasteiger partial charge in [0.15, 0.2) is 0 Å². The molecule has 4 N–H and O–H groups in total. The van der Waals surface area contributed by atoms with E-state index < -0.39 is 48.6 Å². The standard InChI is InChI=1S/C18H32N2O6/c1-6-7-23-18-9(2)8-10(3)24-17(18)25-16-14(22)11(19-4)13(21)12(20-5)15(16)26-18/h10-17,19-22H,2,6-8H2,1,3-5H3/t10-,11?,12?,13?,14+,15?,16?,17?,18?/m1/s1. The van der Waals surface area contributed by atoms with Crippen LogP contribution in [-0.2, 0) is 18.9 Å². The average molecular weight is 372 g/mol. The van der Waals surface area contributed by atoms with E-state index in [4.69, 9.17) is 18.9 Å². The summed E-state index contributed by atoms with van der Waals surface area (Å²) < 4.78 is 24.6. The lowest BCUT2D eigenvalue weighted by Gasteiger charge is -2.57. The molecule has 0 aromatic carbocycles. The Morgan fingerprint density at radius 3 is 2.46 bits per heavy atom. The second-order valence-corrected chi connectivity index (χ2v) is 7.40. The van der Waals surface area contributed by atoms with Crippen molar-refractivity contribution in [2.75, 3.05) is 20.7 Å². The summed E-state index contributed by atoms with van der Waals surface area (Å²) in [5, 5.41) is 27.5. The van der Waals surface area contributed by atoms with Crippen LogP contribution in [0.2, 0.25) is 0 Å². The molecule has 0 amide bonds. The molecule has 0 bridgehead atoms. The molecule has 8 nitrogen and oxygen atoms in total. The number of aliphatic hydroxyl groups excluding tert-OH is 2. The molecule has 3 rings (SSSR count). The van der Waals surface area contributed by atoms with E-state index in [1.165, 1.54) is 0 Å². The maximum absolute atomic E-state index is 10.8. The van der Waals surface area contributed by atoms with Crippen LogP contribution < -0.4 is 10.6 Å². The summed E-state index contributed by atoms with van der Waals surface area (Å²) in [4.78, 5) is 0. The van der Waals surface area contributed by atoms with E-state index in [1.807, 2.05) is 13.8 Å². The monoisotopic (exact) mass is 372 g/mol. The van der Waals surface area contributed by atoms with Gasteiger partial charge in [0, 0.05) is 0 Å². The minimum Gasteiger partial charge on any atom is -0.390 e. The summed E-state index contributed by atoms with van der Waals surface area (Å²) >= 11 is 0. The van der Waals surface area contributed by atoms with Gasteiger partial charge in [0.2, 0.25) is 12.1 Å². The van der Waals surface area contributed by atoms with Crippen molar-refractivity contribution < 1.29 is 29.2 Å². The molecule has 7 unspecified atom stereocenters. The number of hydrogen-bond donors (Lipinski definition) is 4. The molecule has 8 heteroatoms. The van der Waals surface area contributed by atoms with Gasteiger partial charge < -0.3 is 39.8 Å². The van der Waals surface area contributed by atoms with Gasteiger partial charge in [-0.05, 0) is 39.4 Å². The summed E-state index contributed by atoms with van der Waals surface area (Å²) in [7, 11) is 3.45. The highest BCUT2D eigenvalue weighted by Crippen LogP contribution is 2.45. The minimum atomic E-state index is -1.23. The molecule has 150 valence electrons. The first-order chi connectivity index (χ1) is 12.4. The molecule has 1 saturated carbocycles. The van der Waals surface area contributed by atoms with Crippen molar-refractivity contribution in [3.8, 4) is 0 Å². The first-order valence-electron chi connectivity index (χ1n) is 9.41. The number of hydrogen-bond acceptors (Lipinski definition) is 8. The van der Waals surface area contributed by atoms with Gasteiger partial charge in [-0.15, -0.1) is 0 Å². The maximum Gasteiger partial charge on any atom is 0.244 e. The highest BCUT2D eigenvalue weighted by Gasteiger charge is 2.62. The van der Waals surface area contributed by atoms with E-state index in [0.29, 0.717) is 13.0 Å². The second kappa shape index (κ2) is 7.81. The van der Waals surface area contributed by atoms with Crippen molar-refractivity contribution in [3.05, 3.63) is 12.2 Å². The summed E-state index contributed by atoms with van der Waals surface area (Å²) in [5.74, 6) is -1.23. The molecule has 2 heterocycles. The number of likely N-dealkylation sites (N-methyl/N-ethyl adjacent to an activating group) is 2. The van der Waals surface area contributed by atoms with Gasteiger partial charge in [-0.1, -0.05) is 13.5 Å². The van der Waals surface area contributed by atoms with Crippen molar-refractivity contribution in [1.82, 2.24) is 10.6 Å². The first-order valence-corrected chi connectivity index (χ1v) is 9.41. The number of aliphatic hydroxyl groups is 2. The Hall–Kier alpha value is -0.580. The summed E-state index contributed by atoms with van der Waals surface area (Å²) in [6.07, 6.45) is -2.61. The zero-order valence-corrected chi connectivity index (χ0v) is 16.0. The van der Waals surface area contributed by atoms with Gasteiger partial charge in [0.05, 0.1) is 30.9 Å². The van der Waals surface area contributed by atoms with E-state index >= 15 is 0 Å². The molecule has 9 atom stereocenters. The van der Waals surface area contributed by atoms with E-state index in [-0.39, 0.29) is 6.10 Å². The smallest absolute Gasteiger partial charge is 0.244 e. The highest BCUT2D eigenvalue weighted by molar-refractivity contribution is 5.19.